The highest BCUT2D eigenvalue weighted by Gasteiger charge is 2.23. The van der Waals surface area contributed by atoms with Crippen LogP contribution >= 0.6 is 11.8 Å². The van der Waals surface area contributed by atoms with E-state index in [0.29, 0.717) is 41.0 Å². The molecule has 2 aromatic rings. The van der Waals surface area contributed by atoms with Gasteiger partial charge in [0, 0.05) is 32.8 Å². The minimum atomic E-state index is -0.0574. The summed E-state index contributed by atoms with van der Waals surface area (Å²) in [5.41, 5.74) is 0.616. The van der Waals surface area contributed by atoms with Crippen LogP contribution in [0.3, 0.4) is 0 Å². The second-order valence-corrected chi connectivity index (χ2v) is 7.88. The SMILES string of the molecule is COCCCn1c(SCC(=O)N2CCCC[C@@H]2C)nc2ccccc2c1=O. The number of ether oxygens (including phenoxy) is 1. The molecule has 0 N–H and O–H groups in total. The van der Waals surface area contributed by atoms with Crippen LogP contribution in [0.15, 0.2) is 34.2 Å². The number of nitrogens with zero attached hydrogens (tertiary/aromatic N) is 3. The highest BCUT2D eigenvalue weighted by atomic mass is 32.2. The van der Waals surface area contributed by atoms with Crippen LogP contribution in [-0.4, -0.2) is 52.4 Å². The molecule has 0 spiro atoms. The van der Waals surface area contributed by atoms with E-state index in [1.165, 1.54) is 18.2 Å². The molecule has 1 atom stereocenters. The summed E-state index contributed by atoms with van der Waals surface area (Å²) in [5, 5.41) is 1.21. The summed E-state index contributed by atoms with van der Waals surface area (Å²) >= 11 is 1.36. The maximum atomic E-state index is 12.9. The maximum absolute atomic E-state index is 12.9. The van der Waals surface area contributed by atoms with E-state index < -0.39 is 0 Å². The van der Waals surface area contributed by atoms with E-state index in [0.717, 1.165) is 25.8 Å². The summed E-state index contributed by atoms with van der Waals surface area (Å²) < 4.78 is 6.80. The van der Waals surface area contributed by atoms with E-state index in [-0.39, 0.29) is 11.5 Å². The minimum Gasteiger partial charge on any atom is -0.385 e. The van der Waals surface area contributed by atoms with Gasteiger partial charge in [-0.05, 0) is 44.7 Å². The van der Waals surface area contributed by atoms with Gasteiger partial charge in [-0.25, -0.2) is 4.98 Å². The normalized spacial score (nSPS) is 17.4. The van der Waals surface area contributed by atoms with Gasteiger partial charge in [0.1, 0.15) is 0 Å². The molecular weight excluding hydrogens is 362 g/mol. The lowest BCUT2D eigenvalue weighted by Crippen LogP contribution is -2.43. The van der Waals surface area contributed by atoms with E-state index >= 15 is 0 Å². The fourth-order valence-corrected chi connectivity index (χ4v) is 4.41. The highest BCUT2D eigenvalue weighted by molar-refractivity contribution is 7.99. The molecule has 0 bridgehead atoms. The number of benzene rings is 1. The van der Waals surface area contributed by atoms with Crippen molar-refractivity contribution in [3.63, 3.8) is 0 Å². The quantitative estimate of drug-likeness (QED) is 0.414. The molecule has 7 heteroatoms. The number of piperidine rings is 1. The average molecular weight is 390 g/mol. The molecule has 6 nitrogen and oxygen atoms in total. The number of fused-ring (bicyclic) bond motifs is 1. The summed E-state index contributed by atoms with van der Waals surface area (Å²) in [7, 11) is 1.65. The number of carbonyl (C=O) groups excluding carboxylic acids is 1. The fourth-order valence-electron chi connectivity index (χ4n) is 3.50. The first-order chi connectivity index (χ1) is 13.1. The molecule has 0 aliphatic carbocycles. The van der Waals surface area contributed by atoms with Crippen molar-refractivity contribution in [3.8, 4) is 0 Å². The molecule has 0 unspecified atom stereocenters. The van der Waals surface area contributed by atoms with Gasteiger partial charge in [-0.15, -0.1) is 0 Å². The van der Waals surface area contributed by atoms with E-state index in [2.05, 4.69) is 11.9 Å². The van der Waals surface area contributed by atoms with Crippen LogP contribution in [0.4, 0.5) is 0 Å². The van der Waals surface area contributed by atoms with Crippen LogP contribution in [0, 0.1) is 0 Å². The Morgan fingerprint density at radius 2 is 2.15 bits per heavy atom. The number of likely N-dealkylation sites (tertiary alicyclic amines) is 1. The van der Waals surface area contributed by atoms with Crippen LogP contribution in [0.25, 0.3) is 10.9 Å². The Kier molecular flexibility index (Phi) is 6.90. The second-order valence-electron chi connectivity index (χ2n) is 6.94. The van der Waals surface area contributed by atoms with Gasteiger partial charge in [0.25, 0.3) is 5.56 Å². The van der Waals surface area contributed by atoms with Crippen LogP contribution in [0.2, 0.25) is 0 Å². The first-order valence-electron chi connectivity index (χ1n) is 9.52. The van der Waals surface area contributed by atoms with Crippen LogP contribution < -0.4 is 5.56 Å². The lowest BCUT2D eigenvalue weighted by molar-refractivity contribution is -0.131. The molecule has 2 heterocycles. The van der Waals surface area contributed by atoms with Gasteiger partial charge in [0.2, 0.25) is 5.91 Å². The number of hydrogen-bond donors (Lipinski definition) is 0. The zero-order valence-electron chi connectivity index (χ0n) is 16.0. The molecule has 1 saturated heterocycles. The second kappa shape index (κ2) is 9.37. The molecular formula is C20H27N3O3S. The Balaban J connectivity index is 1.82. The summed E-state index contributed by atoms with van der Waals surface area (Å²) in [6, 6.07) is 7.65. The van der Waals surface area contributed by atoms with E-state index in [1.54, 1.807) is 17.7 Å². The minimum absolute atomic E-state index is 0.0574. The molecule has 1 aliphatic rings. The molecule has 146 valence electrons. The number of aromatic nitrogens is 2. The fraction of sp³-hybridized carbons (Fsp3) is 0.550. The molecule has 0 radical (unpaired) electrons. The van der Waals surface area contributed by atoms with Gasteiger partial charge in [-0.2, -0.15) is 0 Å². The van der Waals surface area contributed by atoms with Gasteiger partial charge in [-0.3, -0.25) is 14.2 Å². The highest BCUT2D eigenvalue weighted by Crippen LogP contribution is 2.22. The Morgan fingerprint density at radius 1 is 1.33 bits per heavy atom. The Labute approximate surface area is 163 Å². The molecule has 0 saturated carbocycles. The van der Waals surface area contributed by atoms with Crippen LogP contribution in [0.5, 0.6) is 0 Å². The van der Waals surface area contributed by atoms with Crippen molar-refractivity contribution in [2.24, 2.45) is 0 Å². The number of thioether (sulfide) groups is 1. The number of methoxy groups -OCH3 is 1. The zero-order valence-corrected chi connectivity index (χ0v) is 16.8. The number of hydrogen-bond acceptors (Lipinski definition) is 5. The summed E-state index contributed by atoms with van der Waals surface area (Å²) in [6.07, 6.45) is 4.04. The largest absolute Gasteiger partial charge is 0.385 e. The van der Waals surface area contributed by atoms with E-state index in [9.17, 15) is 9.59 Å². The molecule has 1 fully saturated rings. The third-order valence-corrected chi connectivity index (χ3v) is 5.97. The van der Waals surface area contributed by atoms with E-state index in [1.807, 2.05) is 23.1 Å². The standard InChI is InChI=1S/C20H27N3O3S/c1-15-8-5-6-11-22(15)18(24)14-27-20-21-17-10-4-3-9-16(17)19(25)23(20)12-7-13-26-2/h3-4,9-10,15H,5-8,11-14H2,1-2H3/t15-/m0/s1. The van der Waals surface area contributed by atoms with Crippen molar-refractivity contribution in [2.45, 2.75) is 50.4 Å². The maximum Gasteiger partial charge on any atom is 0.262 e. The Morgan fingerprint density at radius 3 is 2.93 bits per heavy atom. The summed E-state index contributed by atoms with van der Waals surface area (Å²) in [6.45, 7) is 4.04. The van der Waals surface area contributed by atoms with Crippen molar-refractivity contribution >= 4 is 28.6 Å². The molecule has 1 aliphatic heterocycles. The van der Waals surface area contributed by atoms with Crippen molar-refractivity contribution in [3.05, 3.63) is 34.6 Å². The number of rotatable bonds is 7. The molecule has 1 amide bonds. The lowest BCUT2D eigenvalue weighted by Gasteiger charge is -2.33. The zero-order chi connectivity index (χ0) is 19.2. The van der Waals surface area contributed by atoms with Crippen molar-refractivity contribution < 1.29 is 9.53 Å². The third kappa shape index (κ3) is 4.71. The van der Waals surface area contributed by atoms with Crippen molar-refractivity contribution in [2.75, 3.05) is 26.0 Å². The van der Waals surface area contributed by atoms with Gasteiger partial charge < -0.3 is 9.64 Å². The summed E-state index contributed by atoms with van der Waals surface area (Å²) in [4.78, 5) is 32.2. The lowest BCUT2D eigenvalue weighted by atomic mass is 10.0. The van der Waals surface area contributed by atoms with Crippen LogP contribution in [-0.2, 0) is 16.1 Å². The van der Waals surface area contributed by atoms with Gasteiger partial charge in [0.15, 0.2) is 5.16 Å². The Hall–Kier alpha value is -1.86. The van der Waals surface area contributed by atoms with Crippen LogP contribution in [0.1, 0.15) is 32.6 Å². The predicted molar refractivity (Wildman–Crippen MR) is 108 cm³/mol. The first-order valence-corrected chi connectivity index (χ1v) is 10.5. The molecule has 1 aromatic carbocycles. The first kappa shape index (κ1) is 19.9. The topological polar surface area (TPSA) is 64.4 Å². The van der Waals surface area contributed by atoms with Gasteiger partial charge in [0.05, 0.1) is 16.7 Å². The van der Waals surface area contributed by atoms with Crippen molar-refractivity contribution in [1.82, 2.24) is 14.5 Å². The average Bonchev–Trinajstić information content (AvgIpc) is 2.68. The Bertz CT molecular complexity index is 852. The molecule has 27 heavy (non-hydrogen) atoms. The molecule has 3 rings (SSSR count). The van der Waals surface area contributed by atoms with Crippen molar-refractivity contribution in [1.29, 1.82) is 0 Å². The number of para-hydroxylation sites is 1. The predicted octanol–water partition coefficient (Wildman–Crippen LogP) is 2.93. The van der Waals surface area contributed by atoms with E-state index in [4.69, 9.17) is 4.74 Å². The smallest absolute Gasteiger partial charge is 0.262 e. The monoisotopic (exact) mass is 389 g/mol. The van der Waals surface area contributed by atoms with Gasteiger partial charge >= 0.3 is 0 Å². The third-order valence-electron chi connectivity index (χ3n) is 5.00. The number of amides is 1. The summed E-state index contributed by atoms with van der Waals surface area (Å²) in [5.74, 6) is 0.428. The number of carbonyl (C=O) groups is 1. The van der Waals surface area contributed by atoms with Gasteiger partial charge in [-0.1, -0.05) is 23.9 Å². The molecule has 1 aromatic heterocycles.